The van der Waals surface area contributed by atoms with E-state index in [4.69, 9.17) is 0 Å². The normalized spacial score (nSPS) is 19.4. The molecule has 2 aromatic rings. The molecule has 13 heteroatoms. The summed E-state index contributed by atoms with van der Waals surface area (Å²) in [6.07, 6.45) is -9.09. The molecule has 1 heterocycles. The largest absolute Gasteiger partial charge is 0.419 e. The van der Waals surface area contributed by atoms with Gasteiger partial charge in [-0.15, -0.1) is 0 Å². The number of aliphatic hydroxyl groups is 1. The zero-order valence-electron chi connectivity index (χ0n) is 14.0. The fourth-order valence-electron chi connectivity index (χ4n) is 3.15. The second kappa shape index (κ2) is 6.69. The van der Waals surface area contributed by atoms with Gasteiger partial charge in [-0.05, 0) is 24.6 Å². The minimum absolute atomic E-state index is 0.285. The van der Waals surface area contributed by atoms with Crippen LogP contribution in [0.15, 0.2) is 29.3 Å². The molecule has 0 radical (unpaired) electrons. The molecule has 1 aromatic heterocycles. The summed E-state index contributed by atoms with van der Waals surface area (Å²) < 4.78 is 131. The topological polar surface area (TPSA) is 59.3 Å². The van der Waals surface area contributed by atoms with Gasteiger partial charge < -0.3 is 9.67 Å². The first-order valence-corrected chi connectivity index (χ1v) is 9.41. The highest BCUT2D eigenvalue weighted by Gasteiger charge is 2.49. The standard InChI is InChI=1S/C16H11F8NO3S/c17-9-2-1-7(5-8(9)16(22,23)24)25-6-11(29(27,28)14(18)19)12-10(25)3-4-15(20,21)13(12)26/h1-2,5-6,13-14,26H,3-4H2. The van der Waals surface area contributed by atoms with E-state index >= 15 is 0 Å². The maximum atomic E-state index is 13.9. The molecular weight excluding hydrogens is 438 g/mol. The highest BCUT2D eigenvalue weighted by Crippen LogP contribution is 2.46. The molecule has 1 aliphatic carbocycles. The summed E-state index contributed by atoms with van der Waals surface area (Å²) in [7, 11) is -5.48. The molecule has 160 valence electrons. The number of hydrogen-bond acceptors (Lipinski definition) is 3. The molecule has 0 fully saturated rings. The minimum Gasteiger partial charge on any atom is -0.382 e. The third-order valence-electron chi connectivity index (χ3n) is 4.56. The van der Waals surface area contributed by atoms with Crippen molar-refractivity contribution in [2.75, 3.05) is 0 Å². The number of benzene rings is 1. The zero-order valence-corrected chi connectivity index (χ0v) is 14.8. The van der Waals surface area contributed by atoms with Crippen molar-refractivity contribution in [2.45, 2.75) is 41.7 Å². The second-order valence-corrected chi connectivity index (χ2v) is 8.24. The number of alkyl halides is 7. The van der Waals surface area contributed by atoms with E-state index in [1.165, 1.54) is 0 Å². The van der Waals surface area contributed by atoms with Crippen LogP contribution in [0.3, 0.4) is 0 Å². The summed E-state index contributed by atoms with van der Waals surface area (Å²) in [5, 5.41) is 9.89. The van der Waals surface area contributed by atoms with Crippen molar-refractivity contribution in [3.05, 3.63) is 47.0 Å². The second-order valence-electron chi connectivity index (χ2n) is 6.35. The van der Waals surface area contributed by atoms with Crippen LogP contribution in [0.25, 0.3) is 5.69 Å². The quantitative estimate of drug-likeness (QED) is 0.714. The predicted octanol–water partition coefficient (Wildman–Crippen LogP) is 4.25. The monoisotopic (exact) mass is 449 g/mol. The smallest absolute Gasteiger partial charge is 0.382 e. The van der Waals surface area contributed by atoms with Gasteiger partial charge in [0.25, 0.3) is 5.92 Å². The molecule has 1 aromatic carbocycles. The Morgan fingerprint density at radius 1 is 1.21 bits per heavy atom. The average molecular weight is 449 g/mol. The molecule has 1 N–H and O–H groups in total. The first-order valence-electron chi connectivity index (χ1n) is 7.87. The molecule has 1 unspecified atom stereocenters. The molecule has 0 saturated heterocycles. The van der Waals surface area contributed by atoms with Gasteiger partial charge in [-0.25, -0.2) is 21.6 Å². The van der Waals surface area contributed by atoms with Gasteiger partial charge in [0.15, 0.2) is 0 Å². The lowest BCUT2D eigenvalue weighted by molar-refractivity contribution is -0.140. The van der Waals surface area contributed by atoms with E-state index in [0.717, 1.165) is 6.07 Å². The maximum absolute atomic E-state index is 13.9. The first kappa shape index (κ1) is 21.6. The zero-order chi connectivity index (χ0) is 21.9. The van der Waals surface area contributed by atoms with E-state index in [0.29, 0.717) is 16.8 Å². The summed E-state index contributed by atoms with van der Waals surface area (Å²) in [4.78, 5) is -1.33. The van der Waals surface area contributed by atoms with Gasteiger partial charge in [-0.2, -0.15) is 22.0 Å². The van der Waals surface area contributed by atoms with Crippen LogP contribution in [0, 0.1) is 5.82 Å². The molecule has 1 atom stereocenters. The van der Waals surface area contributed by atoms with Crippen LogP contribution >= 0.6 is 0 Å². The first-order chi connectivity index (χ1) is 13.2. The van der Waals surface area contributed by atoms with E-state index in [-0.39, 0.29) is 11.8 Å². The summed E-state index contributed by atoms with van der Waals surface area (Å²) in [5.74, 6) is -9.51. The van der Waals surface area contributed by atoms with Crippen molar-refractivity contribution in [3.63, 3.8) is 0 Å². The van der Waals surface area contributed by atoms with Gasteiger partial charge in [-0.3, -0.25) is 0 Å². The van der Waals surface area contributed by atoms with Crippen LogP contribution in [0.2, 0.25) is 0 Å². The number of aliphatic hydroxyl groups excluding tert-OH is 1. The van der Waals surface area contributed by atoms with Crippen molar-refractivity contribution in [1.82, 2.24) is 4.57 Å². The number of rotatable bonds is 3. The van der Waals surface area contributed by atoms with Crippen molar-refractivity contribution in [1.29, 1.82) is 0 Å². The molecule has 0 saturated carbocycles. The van der Waals surface area contributed by atoms with Gasteiger partial charge in [0.05, 0.1) is 10.5 Å². The van der Waals surface area contributed by atoms with Gasteiger partial charge in [0, 0.05) is 29.6 Å². The Hall–Kier alpha value is -2.15. The van der Waals surface area contributed by atoms with Crippen molar-refractivity contribution in [2.24, 2.45) is 0 Å². The Morgan fingerprint density at radius 3 is 2.38 bits per heavy atom. The predicted molar refractivity (Wildman–Crippen MR) is 82.1 cm³/mol. The lowest BCUT2D eigenvalue weighted by Gasteiger charge is -2.29. The van der Waals surface area contributed by atoms with Crippen LogP contribution in [0.1, 0.15) is 29.3 Å². The number of aromatic nitrogens is 1. The van der Waals surface area contributed by atoms with Crippen molar-refractivity contribution < 1.29 is 48.6 Å². The van der Waals surface area contributed by atoms with E-state index in [1.54, 1.807) is 0 Å². The van der Waals surface area contributed by atoms with Gasteiger partial charge >= 0.3 is 11.9 Å². The summed E-state index contributed by atoms with van der Waals surface area (Å²) in [5.41, 5.74) is -3.62. The molecule has 0 bridgehead atoms. The number of fused-ring (bicyclic) bond motifs is 1. The Bertz CT molecular complexity index is 1060. The summed E-state index contributed by atoms with van der Waals surface area (Å²) in [6, 6.07) is 1.50. The molecule has 3 rings (SSSR count). The number of hydrogen-bond donors (Lipinski definition) is 1. The van der Waals surface area contributed by atoms with E-state index < -0.39 is 74.2 Å². The minimum atomic E-state index is -5.48. The molecule has 0 spiro atoms. The van der Waals surface area contributed by atoms with E-state index in [9.17, 15) is 48.6 Å². The van der Waals surface area contributed by atoms with Gasteiger partial charge in [-0.1, -0.05) is 0 Å². The molecule has 1 aliphatic rings. The number of nitrogens with zero attached hydrogens (tertiary/aromatic N) is 1. The Labute approximate surface area is 158 Å². The highest BCUT2D eigenvalue weighted by molar-refractivity contribution is 7.91. The Balaban J connectivity index is 2.31. The summed E-state index contributed by atoms with van der Waals surface area (Å²) >= 11 is 0. The average Bonchev–Trinajstić information content (AvgIpc) is 2.98. The number of halogens is 8. The fraction of sp³-hybridized carbons (Fsp3) is 0.375. The van der Waals surface area contributed by atoms with Gasteiger partial charge in [0.2, 0.25) is 9.84 Å². The van der Waals surface area contributed by atoms with Crippen molar-refractivity contribution >= 4 is 9.84 Å². The van der Waals surface area contributed by atoms with Crippen LogP contribution in [0.4, 0.5) is 35.1 Å². The van der Waals surface area contributed by atoms with Crippen LogP contribution in [0.5, 0.6) is 0 Å². The van der Waals surface area contributed by atoms with Crippen LogP contribution in [-0.2, 0) is 22.4 Å². The van der Waals surface area contributed by atoms with E-state index in [1.807, 2.05) is 0 Å². The summed E-state index contributed by atoms with van der Waals surface area (Å²) in [6.45, 7) is 0. The molecule has 0 aliphatic heterocycles. The fourth-order valence-corrected chi connectivity index (χ4v) is 4.13. The third-order valence-corrected chi connectivity index (χ3v) is 5.96. The molecular formula is C16H11F8NO3S. The lowest BCUT2D eigenvalue weighted by Crippen LogP contribution is -2.33. The SMILES string of the molecule is O=S(=O)(c1cn(-c2ccc(F)c(C(F)(F)F)c2)c2c1C(O)C(F)(F)CC2)C(F)F. The Kier molecular flexibility index (Phi) is 4.97. The van der Waals surface area contributed by atoms with Gasteiger partial charge in [0.1, 0.15) is 11.9 Å². The van der Waals surface area contributed by atoms with Crippen molar-refractivity contribution in [3.8, 4) is 5.69 Å². The van der Waals surface area contributed by atoms with E-state index in [2.05, 4.69) is 0 Å². The molecule has 4 nitrogen and oxygen atoms in total. The maximum Gasteiger partial charge on any atom is 0.419 e. The Morgan fingerprint density at radius 2 is 1.83 bits per heavy atom. The lowest BCUT2D eigenvalue weighted by atomic mass is 9.91. The molecule has 29 heavy (non-hydrogen) atoms. The van der Waals surface area contributed by atoms with Crippen LogP contribution < -0.4 is 0 Å². The third kappa shape index (κ3) is 3.50. The number of sulfone groups is 1. The highest BCUT2D eigenvalue weighted by atomic mass is 32.2. The van der Waals surface area contributed by atoms with Crippen LogP contribution in [-0.4, -0.2) is 29.8 Å². The molecule has 0 amide bonds.